The lowest BCUT2D eigenvalue weighted by molar-refractivity contribution is -0.133. The summed E-state index contributed by atoms with van der Waals surface area (Å²) in [5, 5.41) is 6.26. The Labute approximate surface area is 190 Å². The number of nitrogens with one attached hydrogen (secondary N) is 1. The summed E-state index contributed by atoms with van der Waals surface area (Å²) in [6.07, 6.45) is 3.45. The minimum Gasteiger partial charge on any atom is -0.486 e. The molecule has 1 amide bonds. The summed E-state index contributed by atoms with van der Waals surface area (Å²) in [6, 6.07) is 8.36. The number of carbonyl (C=O) groups is 1. The minimum atomic E-state index is 0. The fraction of sp³-hybridized carbons (Fsp3) is 0.524. The lowest BCUT2D eigenvalue weighted by atomic mass is 10.0. The van der Waals surface area contributed by atoms with Crippen LogP contribution in [0.5, 0.6) is 5.75 Å². The number of rotatable bonds is 8. The van der Waals surface area contributed by atoms with Crippen LogP contribution in [0.4, 0.5) is 0 Å². The molecule has 5 nitrogen and oxygen atoms in total. The first-order valence-corrected chi connectivity index (χ1v) is 10.7. The van der Waals surface area contributed by atoms with Crippen molar-refractivity contribution in [2.45, 2.75) is 52.2 Å². The largest absolute Gasteiger partial charge is 0.486 e. The van der Waals surface area contributed by atoms with Gasteiger partial charge in [-0.3, -0.25) is 4.79 Å². The number of nitrogens with zero attached hydrogens (tertiary/aromatic N) is 2. The lowest BCUT2D eigenvalue weighted by Crippen LogP contribution is -2.47. The number of carbonyl (C=O) groups excluding carboxylic acids is 1. The Balaban J connectivity index is 0.00000210. The normalized spacial score (nSPS) is 13.9. The molecule has 2 aromatic rings. The van der Waals surface area contributed by atoms with Crippen molar-refractivity contribution in [1.29, 1.82) is 0 Å². The van der Waals surface area contributed by atoms with Gasteiger partial charge in [0.2, 0.25) is 5.91 Å². The quantitative estimate of drug-likeness (QED) is 0.634. The average molecular weight is 460 g/mol. The van der Waals surface area contributed by atoms with Crippen molar-refractivity contribution in [3.63, 3.8) is 0 Å². The van der Waals surface area contributed by atoms with Crippen LogP contribution in [0.2, 0.25) is 0 Å². The minimum absolute atomic E-state index is 0. The van der Waals surface area contributed by atoms with Gasteiger partial charge >= 0.3 is 0 Å². The van der Waals surface area contributed by atoms with Crippen LogP contribution in [0.1, 0.15) is 42.5 Å². The molecule has 0 saturated carbocycles. The van der Waals surface area contributed by atoms with Crippen LogP contribution in [-0.2, 0) is 17.8 Å². The van der Waals surface area contributed by atoms with Crippen molar-refractivity contribution >= 4 is 42.1 Å². The highest BCUT2D eigenvalue weighted by atomic mass is 35.5. The zero-order valence-electron chi connectivity index (χ0n) is 17.1. The number of benzene rings is 1. The van der Waals surface area contributed by atoms with Crippen molar-refractivity contribution in [1.82, 2.24) is 15.2 Å². The van der Waals surface area contributed by atoms with Crippen molar-refractivity contribution in [3.8, 4) is 5.75 Å². The van der Waals surface area contributed by atoms with Gasteiger partial charge in [0, 0.05) is 18.0 Å². The molecule has 2 heterocycles. The zero-order valence-corrected chi connectivity index (χ0v) is 19.5. The molecular formula is C21H31Cl2N3O2S. The van der Waals surface area contributed by atoms with Crippen LogP contribution in [0, 0.1) is 6.92 Å². The van der Waals surface area contributed by atoms with Gasteiger partial charge in [-0.25, -0.2) is 4.98 Å². The van der Waals surface area contributed by atoms with Crippen molar-refractivity contribution in [2.75, 3.05) is 19.6 Å². The number of hydrogen-bond acceptors (Lipinski definition) is 5. The van der Waals surface area contributed by atoms with Gasteiger partial charge in [0.1, 0.15) is 17.4 Å². The van der Waals surface area contributed by atoms with Crippen LogP contribution in [-0.4, -0.2) is 41.5 Å². The lowest BCUT2D eigenvalue weighted by Gasteiger charge is -2.34. The van der Waals surface area contributed by atoms with Crippen LogP contribution in [0.3, 0.4) is 0 Å². The van der Waals surface area contributed by atoms with Crippen LogP contribution in [0.25, 0.3) is 0 Å². The highest BCUT2D eigenvalue weighted by Gasteiger charge is 2.25. The van der Waals surface area contributed by atoms with E-state index in [1.54, 1.807) is 11.3 Å². The van der Waals surface area contributed by atoms with Crippen LogP contribution in [0.15, 0.2) is 29.6 Å². The first-order valence-electron chi connectivity index (χ1n) is 9.78. The van der Waals surface area contributed by atoms with E-state index in [4.69, 9.17) is 4.74 Å². The van der Waals surface area contributed by atoms with E-state index in [1.165, 1.54) is 5.56 Å². The van der Waals surface area contributed by atoms with E-state index >= 15 is 0 Å². The second-order valence-corrected chi connectivity index (χ2v) is 8.02. The van der Waals surface area contributed by atoms with E-state index in [-0.39, 0.29) is 30.7 Å². The Kier molecular flexibility index (Phi) is 11.6. The van der Waals surface area contributed by atoms with Gasteiger partial charge < -0.3 is 15.0 Å². The first kappa shape index (κ1) is 25.7. The summed E-state index contributed by atoms with van der Waals surface area (Å²) in [5.74, 6) is 1.04. The second-order valence-electron chi connectivity index (χ2n) is 7.08. The highest BCUT2D eigenvalue weighted by Crippen LogP contribution is 2.18. The summed E-state index contributed by atoms with van der Waals surface area (Å²) in [4.78, 5) is 19.5. The van der Waals surface area contributed by atoms with Gasteiger partial charge in [0.05, 0.1) is 12.1 Å². The Morgan fingerprint density at radius 2 is 1.93 bits per heavy atom. The molecule has 29 heavy (non-hydrogen) atoms. The SMILES string of the molecule is CCCN(C(=O)Cc1csc(COc2ccc(C)cc2)n1)C1CCNCC1.Cl.Cl. The van der Waals surface area contributed by atoms with E-state index in [0.29, 0.717) is 19.1 Å². The number of amides is 1. The summed E-state index contributed by atoms with van der Waals surface area (Å²) in [5.41, 5.74) is 2.06. The van der Waals surface area contributed by atoms with Crippen molar-refractivity contribution in [3.05, 3.63) is 45.9 Å². The van der Waals surface area contributed by atoms with Gasteiger partial charge in [-0.1, -0.05) is 24.6 Å². The molecule has 1 aliphatic heterocycles. The number of aromatic nitrogens is 1. The smallest absolute Gasteiger partial charge is 0.228 e. The third-order valence-electron chi connectivity index (χ3n) is 4.85. The molecule has 3 rings (SSSR count). The summed E-state index contributed by atoms with van der Waals surface area (Å²) >= 11 is 1.56. The third-order valence-corrected chi connectivity index (χ3v) is 5.72. The Morgan fingerprint density at radius 3 is 2.59 bits per heavy atom. The monoisotopic (exact) mass is 459 g/mol. The Bertz CT molecular complexity index is 734. The fourth-order valence-electron chi connectivity index (χ4n) is 3.40. The standard InChI is InChI=1S/C21H29N3O2S.2ClH/c1-3-12-24(18-8-10-22-11-9-18)21(25)13-17-15-27-20(23-17)14-26-19-6-4-16(2)5-7-19;;/h4-7,15,18,22H,3,8-14H2,1-2H3;2*1H. The summed E-state index contributed by atoms with van der Waals surface area (Å²) < 4.78 is 5.79. The molecule has 1 aromatic carbocycles. The fourth-order valence-corrected chi connectivity index (χ4v) is 4.11. The maximum Gasteiger partial charge on any atom is 0.228 e. The summed E-state index contributed by atoms with van der Waals surface area (Å²) in [7, 11) is 0. The molecule has 162 valence electrons. The van der Waals surface area contributed by atoms with Crippen LogP contribution < -0.4 is 10.1 Å². The average Bonchev–Trinajstić information content (AvgIpc) is 3.13. The number of thiazole rings is 1. The number of halogens is 2. The molecule has 1 aliphatic rings. The molecule has 0 spiro atoms. The topological polar surface area (TPSA) is 54.5 Å². The molecule has 1 fully saturated rings. The zero-order chi connectivity index (χ0) is 19.1. The van der Waals surface area contributed by atoms with E-state index < -0.39 is 0 Å². The molecule has 0 radical (unpaired) electrons. The van der Waals surface area contributed by atoms with E-state index in [0.717, 1.165) is 55.3 Å². The maximum atomic E-state index is 12.9. The predicted octanol–water partition coefficient (Wildman–Crippen LogP) is 4.41. The number of hydrogen-bond donors (Lipinski definition) is 1. The Hall–Kier alpha value is -1.34. The van der Waals surface area contributed by atoms with Gasteiger partial charge in [-0.05, 0) is 51.4 Å². The number of piperidine rings is 1. The molecule has 0 unspecified atom stereocenters. The second kappa shape index (κ2) is 13.1. The Morgan fingerprint density at radius 1 is 1.24 bits per heavy atom. The number of ether oxygens (including phenoxy) is 1. The molecule has 0 atom stereocenters. The molecule has 1 saturated heterocycles. The maximum absolute atomic E-state index is 12.9. The summed E-state index contributed by atoms with van der Waals surface area (Å²) in [6.45, 7) is 7.45. The van der Waals surface area contributed by atoms with E-state index in [2.05, 4.69) is 29.0 Å². The van der Waals surface area contributed by atoms with Gasteiger partial charge in [0.25, 0.3) is 0 Å². The molecule has 1 N–H and O–H groups in total. The molecule has 8 heteroatoms. The highest BCUT2D eigenvalue weighted by molar-refractivity contribution is 7.09. The van der Waals surface area contributed by atoms with Crippen molar-refractivity contribution < 1.29 is 9.53 Å². The molecule has 1 aromatic heterocycles. The number of aryl methyl sites for hydroxylation is 1. The van der Waals surface area contributed by atoms with Crippen LogP contribution >= 0.6 is 36.2 Å². The van der Waals surface area contributed by atoms with E-state index in [9.17, 15) is 4.79 Å². The van der Waals surface area contributed by atoms with Crippen molar-refractivity contribution in [2.24, 2.45) is 0 Å². The molecule has 0 aliphatic carbocycles. The third kappa shape index (κ3) is 7.78. The first-order chi connectivity index (χ1) is 13.2. The van der Waals surface area contributed by atoms with Gasteiger partial charge in [-0.2, -0.15) is 0 Å². The van der Waals surface area contributed by atoms with Gasteiger partial charge in [0.15, 0.2) is 0 Å². The molecular weight excluding hydrogens is 429 g/mol. The predicted molar refractivity (Wildman–Crippen MR) is 124 cm³/mol. The van der Waals surface area contributed by atoms with E-state index in [1.807, 2.05) is 29.6 Å². The molecule has 0 bridgehead atoms. The van der Waals surface area contributed by atoms with Gasteiger partial charge in [-0.15, -0.1) is 36.2 Å².